The van der Waals surface area contributed by atoms with Crippen LogP contribution in [0.1, 0.15) is 89.0 Å². The van der Waals surface area contributed by atoms with Crippen molar-refractivity contribution in [3.8, 4) is 0 Å². The molecule has 1 heterocycles. The first kappa shape index (κ1) is 46.1. The van der Waals surface area contributed by atoms with Gasteiger partial charge in [0.1, 0.15) is 0 Å². The molecule has 3 nitrogen and oxygen atoms in total. The van der Waals surface area contributed by atoms with E-state index >= 15 is 0 Å². The summed E-state index contributed by atoms with van der Waals surface area (Å²) in [6, 6.07) is 66.3. The number of anilines is 9. The van der Waals surface area contributed by atoms with E-state index in [-0.39, 0.29) is 0 Å². The molecule has 0 atom stereocenters. The van der Waals surface area contributed by atoms with Crippen LogP contribution < -0.4 is 14.7 Å². The van der Waals surface area contributed by atoms with E-state index in [1.807, 2.05) is 0 Å². The second kappa shape index (κ2) is 18.0. The van der Waals surface area contributed by atoms with Crippen LogP contribution in [0.4, 0.5) is 51.2 Å². The average molecular weight is 912 g/mol. The second-order valence-electron chi connectivity index (χ2n) is 19.8. The summed E-state index contributed by atoms with van der Waals surface area (Å²) in [5.74, 6) is 0. The van der Waals surface area contributed by atoms with E-state index in [0.717, 1.165) is 28.4 Å². The molecule has 0 spiro atoms. The number of hydrogen-bond acceptors (Lipinski definition) is 3. The third-order valence-electron chi connectivity index (χ3n) is 16.3. The maximum Gasteiger partial charge on any atom is 0.0742 e. The van der Waals surface area contributed by atoms with Gasteiger partial charge < -0.3 is 14.7 Å². The number of hydrogen-bond donors (Lipinski definition) is 0. The van der Waals surface area contributed by atoms with Crippen LogP contribution in [0.3, 0.4) is 0 Å². The summed E-state index contributed by atoms with van der Waals surface area (Å²) in [5, 5.41) is 0. The Morgan fingerprint density at radius 2 is 0.586 bits per heavy atom. The zero-order chi connectivity index (χ0) is 49.2. The summed E-state index contributed by atoms with van der Waals surface area (Å²) in [6.45, 7) is 26.9. The van der Waals surface area contributed by atoms with Crippen molar-refractivity contribution in [2.75, 3.05) is 14.7 Å². The monoisotopic (exact) mass is 912 g/mol. The van der Waals surface area contributed by atoms with Crippen LogP contribution in [-0.2, 0) is 5.41 Å². The van der Waals surface area contributed by atoms with Crippen LogP contribution in [0, 0.1) is 83.1 Å². The van der Waals surface area contributed by atoms with Gasteiger partial charge in [-0.2, -0.15) is 0 Å². The van der Waals surface area contributed by atoms with E-state index in [9.17, 15) is 0 Å². The van der Waals surface area contributed by atoms with E-state index in [0.29, 0.717) is 0 Å². The third-order valence-corrected chi connectivity index (χ3v) is 16.3. The van der Waals surface area contributed by atoms with Crippen molar-refractivity contribution in [3.05, 3.63) is 265 Å². The molecular weight excluding hydrogens is 847 g/mol. The van der Waals surface area contributed by atoms with Crippen LogP contribution in [-0.4, -0.2) is 0 Å². The Bertz CT molecular complexity index is 3120. The highest BCUT2D eigenvalue weighted by molar-refractivity contribution is 5.91. The topological polar surface area (TPSA) is 9.72 Å². The van der Waals surface area contributed by atoms with E-state index < -0.39 is 5.41 Å². The van der Waals surface area contributed by atoms with Gasteiger partial charge in [-0.15, -0.1) is 0 Å². The maximum atomic E-state index is 2.48. The Kier molecular flexibility index (Phi) is 11.9. The zero-order valence-corrected chi connectivity index (χ0v) is 43.1. The SMILES string of the molecule is Cc1ccc(N(c2ccc(C3(c4ccc(N(c5ccc(C)c(C)c5C)c5ccc(C)c(C)c5C)cc4)c4ccccc4N(c4ccccc4)c4ccccc43)cc2)c2ccc(C)c(C)c2C)c(C)c1C. The Morgan fingerprint density at radius 3 is 0.914 bits per heavy atom. The van der Waals surface area contributed by atoms with Gasteiger partial charge in [-0.1, -0.05) is 103 Å². The molecule has 0 N–H and O–H groups in total. The van der Waals surface area contributed by atoms with E-state index in [1.54, 1.807) is 0 Å². The van der Waals surface area contributed by atoms with Crippen molar-refractivity contribution in [2.24, 2.45) is 0 Å². The minimum Gasteiger partial charge on any atom is -0.310 e. The molecule has 0 fully saturated rings. The summed E-state index contributed by atoms with van der Waals surface area (Å²) in [4.78, 5) is 7.41. The Morgan fingerprint density at radius 1 is 0.286 bits per heavy atom. The summed E-state index contributed by atoms with van der Waals surface area (Å²) in [5.41, 5.74) is 30.3. The molecule has 1 aliphatic heterocycles. The molecule has 1 aliphatic rings. The molecule has 9 aromatic rings. The lowest BCUT2D eigenvalue weighted by Crippen LogP contribution is -2.37. The smallest absolute Gasteiger partial charge is 0.0742 e. The first-order valence-electron chi connectivity index (χ1n) is 24.9. The molecule has 70 heavy (non-hydrogen) atoms. The number of fused-ring (bicyclic) bond motifs is 2. The molecule has 0 saturated carbocycles. The van der Waals surface area contributed by atoms with Crippen molar-refractivity contribution < 1.29 is 0 Å². The molecule has 0 unspecified atom stereocenters. The van der Waals surface area contributed by atoms with Gasteiger partial charge in [0.15, 0.2) is 0 Å². The van der Waals surface area contributed by atoms with Gasteiger partial charge in [0.05, 0.1) is 16.8 Å². The van der Waals surface area contributed by atoms with Crippen LogP contribution in [0.25, 0.3) is 0 Å². The molecule has 10 rings (SSSR count). The molecule has 0 aromatic heterocycles. The minimum absolute atomic E-state index is 0.690. The molecular formula is C67H65N3. The number of para-hydroxylation sites is 3. The highest BCUT2D eigenvalue weighted by atomic mass is 15.2. The number of benzene rings is 9. The van der Waals surface area contributed by atoms with Gasteiger partial charge in [-0.05, 0) is 245 Å². The Hall–Kier alpha value is -7.62. The lowest BCUT2D eigenvalue weighted by molar-refractivity contribution is 0.731. The lowest BCUT2D eigenvalue weighted by atomic mass is 9.62. The highest BCUT2D eigenvalue weighted by Gasteiger charge is 2.46. The largest absolute Gasteiger partial charge is 0.310 e. The molecule has 3 heteroatoms. The van der Waals surface area contributed by atoms with E-state index in [1.165, 1.54) is 112 Å². The van der Waals surface area contributed by atoms with Crippen molar-refractivity contribution in [2.45, 2.75) is 88.5 Å². The number of rotatable bonds is 9. The van der Waals surface area contributed by atoms with Crippen molar-refractivity contribution in [1.82, 2.24) is 0 Å². The van der Waals surface area contributed by atoms with Gasteiger partial charge in [0, 0.05) is 39.8 Å². The zero-order valence-electron chi connectivity index (χ0n) is 43.1. The quantitative estimate of drug-likeness (QED) is 0.143. The van der Waals surface area contributed by atoms with Crippen molar-refractivity contribution >= 4 is 51.2 Å². The first-order valence-corrected chi connectivity index (χ1v) is 24.9. The average Bonchev–Trinajstić information content (AvgIpc) is 3.38. The molecule has 0 amide bonds. The van der Waals surface area contributed by atoms with Crippen molar-refractivity contribution in [3.63, 3.8) is 0 Å². The molecule has 0 radical (unpaired) electrons. The summed E-state index contributed by atoms with van der Waals surface area (Å²) >= 11 is 0. The van der Waals surface area contributed by atoms with Crippen LogP contribution in [0.5, 0.6) is 0 Å². The Labute approximate surface area is 417 Å². The van der Waals surface area contributed by atoms with Gasteiger partial charge in [0.25, 0.3) is 0 Å². The standard InChI is InChI=1S/C67H65N3/c1-42-26-38-61(50(9)46(42)5)68(62-39-27-43(2)47(6)51(62)10)57-34-30-54(31-35-57)67(59-22-16-18-24-65(59)70(56-20-14-13-15-21-56)66-25-19-17-23-60(66)67)55-32-36-58(37-33-55)69(63-40-28-44(3)48(7)52(63)11)64-41-29-45(4)49(8)53(64)12/h13-41H,1-12H3. The van der Waals surface area contributed by atoms with Gasteiger partial charge in [-0.3, -0.25) is 0 Å². The maximum absolute atomic E-state index is 2.48. The fourth-order valence-corrected chi connectivity index (χ4v) is 11.2. The fourth-order valence-electron chi connectivity index (χ4n) is 11.2. The predicted molar refractivity (Wildman–Crippen MR) is 299 cm³/mol. The molecule has 0 saturated heterocycles. The first-order chi connectivity index (χ1) is 33.7. The van der Waals surface area contributed by atoms with Gasteiger partial charge in [-0.25, -0.2) is 0 Å². The van der Waals surface area contributed by atoms with Gasteiger partial charge in [0.2, 0.25) is 0 Å². The van der Waals surface area contributed by atoms with E-state index in [4.69, 9.17) is 0 Å². The van der Waals surface area contributed by atoms with Crippen LogP contribution >= 0.6 is 0 Å². The molecule has 348 valence electrons. The minimum atomic E-state index is -0.690. The molecule has 0 aliphatic carbocycles. The van der Waals surface area contributed by atoms with Gasteiger partial charge >= 0.3 is 0 Å². The van der Waals surface area contributed by atoms with Crippen LogP contribution in [0.2, 0.25) is 0 Å². The second-order valence-corrected chi connectivity index (χ2v) is 19.8. The fraction of sp³-hybridized carbons (Fsp3) is 0.194. The molecule has 0 bridgehead atoms. The number of aryl methyl sites for hydroxylation is 4. The highest BCUT2D eigenvalue weighted by Crippen LogP contribution is 2.58. The summed E-state index contributed by atoms with van der Waals surface area (Å²) < 4.78 is 0. The normalized spacial score (nSPS) is 12.7. The number of nitrogens with zero attached hydrogens (tertiary/aromatic N) is 3. The van der Waals surface area contributed by atoms with E-state index in [2.05, 4.69) is 274 Å². The predicted octanol–water partition coefficient (Wildman–Crippen LogP) is 18.5. The Balaban J connectivity index is 1.23. The third kappa shape index (κ3) is 7.33. The van der Waals surface area contributed by atoms with Crippen molar-refractivity contribution in [1.29, 1.82) is 0 Å². The summed E-state index contributed by atoms with van der Waals surface area (Å²) in [6.07, 6.45) is 0. The summed E-state index contributed by atoms with van der Waals surface area (Å²) in [7, 11) is 0. The molecule has 9 aromatic carbocycles. The van der Waals surface area contributed by atoms with Crippen LogP contribution in [0.15, 0.2) is 176 Å². The lowest BCUT2D eigenvalue weighted by Gasteiger charge is -2.46.